The Labute approximate surface area is 176 Å². The van der Waals surface area contributed by atoms with Gasteiger partial charge in [-0.2, -0.15) is 11.6 Å². The first-order valence-electron chi connectivity index (χ1n) is 7.50. The van der Waals surface area contributed by atoms with Gasteiger partial charge in [0.15, 0.2) is 0 Å². The predicted molar refractivity (Wildman–Crippen MR) is 87.1 cm³/mol. The van der Waals surface area contributed by atoms with Gasteiger partial charge in [0, 0.05) is 0 Å². The minimum absolute atomic E-state index is 0. The molecule has 1 aliphatic rings. The summed E-state index contributed by atoms with van der Waals surface area (Å²) in [5.74, 6) is 0.673. The van der Waals surface area contributed by atoms with E-state index >= 15 is 0 Å². The first kappa shape index (κ1) is 28.3. The third-order valence-electron chi connectivity index (χ3n) is 4.70. The van der Waals surface area contributed by atoms with E-state index in [1.165, 1.54) is 12.5 Å². The normalized spacial score (nSPS) is 16.2. The van der Waals surface area contributed by atoms with Gasteiger partial charge < -0.3 is 37.2 Å². The van der Waals surface area contributed by atoms with E-state index in [-0.39, 0.29) is 58.9 Å². The molecule has 2 rings (SSSR count). The van der Waals surface area contributed by atoms with E-state index in [1.54, 1.807) is 16.0 Å². The third kappa shape index (κ3) is 6.06. The second-order valence-electron chi connectivity index (χ2n) is 5.78. The standard InChI is InChI=1S/C18H25Si.3ClH.Ti/c1-5-15(3)17-13-10-14-18(17)19(4,6-2)16-11-8-7-9-12-16;;;;/h7-9,11-13,15H,5-6,10H2,1-4H3;3*1H;/q-1;;;;+4/p-3. The average molecular weight is 424 g/mol. The van der Waals surface area contributed by atoms with E-state index in [9.17, 15) is 0 Å². The summed E-state index contributed by atoms with van der Waals surface area (Å²) in [6.07, 6.45) is 8.35. The van der Waals surface area contributed by atoms with Crippen LogP contribution in [-0.4, -0.2) is 8.07 Å². The molecule has 0 bridgehead atoms. The van der Waals surface area contributed by atoms with Crippen LogP contribution in [0.25, 0.3) is 0 Å². The number of allylic oxidation sites excluding steroid dienone is 4. The summed E-state index contributed by atoms with van der Waals surface area (Å²) in [7, 11) is -1.57. The topological polar surface area (TPSA) is 0 Å². The molecule has 0 fully saturated rings. The Bertz CT molecular complexity index is 502. The predicted octanol–water partition coefficient (Wildman–Crippen LogP) is -4.35. The first-order chi connectivity index (χ1) is 9.13. The molecule has 0 aromatic heterocycles. The zero-order valence-electron chi connectivity index (χ0n) is 14.3. The molecule has 5 heteroatoms. The Kier molecular flexibility index (Phi) is 15.8. The first-order valence-corrected chi connectivity index (χ1v) is 10.2. The van der Waals surface area contributed by atoms with Crippen LogP contribution in [-0.2, 0) is 21.7 Å². The molecule has 1 aliphatic carbocycles. The molecule has 0 saturated carbocycles. The fourth-order valence-electron chi connectivity index (χ4n) is 2.98. The number of benzene rings is 1. The monoisotopic (exact) mass is 422 g/mol. The molecular formula is C18H25Cl3SiTi. The molecule has 0 N–H and O–H groups in total. The molecule has 0 aliphatic heterocycles. The van der Waals surface area contributed by atoms with Crippen LogP contribution in [0.15, 0.2) is 47.2 Å². The van der Waals surface area contributed by atoms with Gasteiger partial charge in [0.2, 0.25) is 0 Å². The zero-order valence-corrected chi connectivity index (χ0v) is 19.1. The van der Waals surface area contributed by atoms with Gasteiger partial charge in [-0.1, -0.05) is 81.2 Å². The van der Waals surface area contributed by atoms with Crippen LogP contribution in [0, 0.1) is 12.0 Å². The van der Waals surface area contributed by atoms with Crippen LogP contribution in [0.4, 0.5) is 0 Å². The molecule has 0 amide bonds. The molecule has 1 aromatic rings. The van der Waals surface area contributed by atoms with Gasteiger partial charge in [0.25, 0.3) is 0 Å². The van der Waals surface area contributed by atoms with Gasteiger partial charge in [0.1, 0.15) is 0 Å². The van der Waals surface area contributed by atoms with Crippen molar-refractivity contribution in [2.75, 3.05) is 0 Å². The Morgan fingerprint density at radius 2 is 1.65 bits per heavy atom. The van der Waals surface area contributed by atoms with E-state index in [0.29, 0.717) is 5.92 Å². The summed E-state index contributed by atoms with van der Waals surface area (Å²) in [5, 5.41) is 3.13. The van der Waals surface area contributed by atoms with Crippen LogP contribution >= 0.6 is 0 Å². The SMILES string of the molecule is CCC(C)C1=CC[C-]=C1[Si](C)(CC)c1ccccc1.[Cl-].[Cl-].[Cl-].[Ti+4]. The van der Waals surface area contributed by atoms with Gasteiger partial charge in [-0.3, -0.25) is 6.08 Å². The number of halogens is 3. The second kappa shape index (κ2) is 12.8. The van der Waals surface area contributed by atoms with Crippen molar-refractivity contribution in [3.8, 4) is 0 Å². The maximum Gasteiger partial charge on any atom is 4.00 e. The molecule has 2 unspecified atom stereocenters. The fraction of sp³-hybridized carbons (Fsp3) is 0.444. The minimum Gasteiger partial charge on any atom is -1.00 e. The molecule has 23 heavy (non-hydrogen) atoms. The van der Waals surface area contributed by atoms with Crippen LogP contribution < -0.4 is 42.4 Å². The number of rotatable bonds is 5. The summed E-state index contributed by atoms with van der Waals surface area (Å²) in [6, 6.07) is 12.4. The molecule has 0 heterocycles. The van der Waals surface area contributed by atoms with Crippen molar-refractivity contribution in [3.05, 3.63) is 53.3 Å². The Morgan fingerprint density at radius 3 is 2.13 bits per heavy atom. The summed E-state index contributed by atoms with van der Waals surface area (Å²) < 4.78 is 0. The van der Waals surface area contributed by atoms with Gasteiger partial charge in [0.05, 0.1) is 8.07 Å². The van der Waals surface area contributed by atoms with E-state index < -0.39 is 8.07 Å². The van der Waals surface area contributed by atoms with Crippen molar-refractivity contribution in [3.63, 3.8) is 0 Å². The Balaban J connectivity index is -0.000001000. The van der Waals surface area contributed by atoms with Gasteiger partial charge >= 0.3 is 21.7 Å². The quantitative estimate of drug-likeness (QED) is 0.332. The van der Waals surface area contributed by atoms with Crippen molar-refractivity contribution in [2.24, 2.45) is 5.92 Å². The fourth-order valence-corrected chi connectivity index (χ4v) is 6.44. The summed E-state index contributed by atoms with van der Waals surface area (Å²) in [5.41, 5.74) is 1.59. The smallest absolute Gasteiger partial charge is 1.00 e. The number of hydrogen-bond acceptors (Lipinski definition) is 0. The molecule has 0 nitrogen and oxygen atoms in total. The van der Waals surface area contributed by atoms with E-state index in [4.69, 9.17) is 0 Å². The van der Waals surface area contributed by atoms with Crippen molar-refractivity contribution in [2.45, 2.75) is 46.2 Å². The van der Waals surface area contributed by atoms with Crippen molar-refractivity contribution in [1.29, 1.82) is 0 Å². The Morgan fingerprint density at radius 1 is 1.09 bits per heavy atom. The van der Waals surface area contributed by atoms with E-state index in [0.717, 1.165) is 6.42 Å². The summed E-state index contributed by atoms with van der Waals surface area (Å²) >= 11 is 0. The van der Waals surface area contributed by atoms with Crippen LogP contribution in [0.5, 0.6) is 0 Å². The van der Waals surface area contributed by atoms with Crippen LogP contribution in [0.3, 0.4) is 0 Å². The van der Waals surface area contributed by atoms with E-state index in [1.807, 2.05) is 0 Å². The van der Waals surface area contributed by atoms with Gasteiger partial charge in [-0.25, -0.2) is 5.20 Å². The zero-order chi connectivity index (χ0) is 13.9. The van der Waals surface area contributed by atoms with Crippen molar-refractivity contribution < 1.29 is 58.9 Å². The number of hydrogen-bond donors (Lipinski definition) is 0. The van der Waals surface area contributed by atoms with Crippen LogP contribution in [0.2, 0.25) is 12.6 Å². The molecule has 0 saturated heterocycles. The summed E-state index contributed by atoms with van der Waals surface area (Å²) in [6.45, 7) is 9.50. The Hall–Kier alpha value is 0.501. The van der Waals surface area contributed by atoms with Crippen molar-refractivity contribution in [1.82, 2.24) is 0 Å². The second-order valence-corrected chi connectivity index (χ2v) is 10.2. The van der Waals surface area contributed by atoms with Crippen molar-refractivity contribution >= 4 is 13.3 Å². The van der Waals surface area contributed by atoms with Crippen LogP contribution in [0.1, 0.15) is 33.6 Å². The third-order valence-corrected chi connectivity index (χ3v) is 9.29. The maximum atomic E-state index is 3.70. The van der Waals surface area contributed by atoms with Gasteiger partial charge in [-0.15, -0.1) is 6.42 Å². The molecule has 0 radical (unpaired) electrons. The molecule has 1 aromatic carbocycles. The van der Waals surface area contributed by atoms with E-state index in [2.05, 4.69) is 69.8 Å². The molecule has 126 valence electrons. The maximum absolute atomic E-state index is 3.70. The molecule has 0 spiro atoms. The summed E-state index contributed by atoms with van der Waals surface area (Å²) in [4.78, 5) is 0. The average Bonchev–Trinajstić information content (AvgIpc) is 2.96. The molecule has 2 atom stereocenters. The van der Waals surface area contributed by atoms with Gasteiger partial charge in [-0.05, 0) is 0 Å². The molecular weight excluding hydrogens is 399 g/mol. The largest absolute Gasteiger partial charge is 4.00 e. The minimum atomic E-state index is -1.57.